The Labute approximate surface area is 174 Å². The number of ether oxygens (including phenoxy) is 1. The van der Waals surface area contributed by atoms with Gasteiger partial charge in [-0.2, -0.15) is 0 Å². The molecule has 1 aromatic heterocycles. The molecule has 3 aromatic rings. The fraction of sp³-hybridized carbons (Fsp3) is 0.238. The van der Waals surface area contributed by atoms with Crippen molar-refractivity contribution in [3.05, 3.63) is 69.5 Å². The maximum atomic E-state index is 12.9. The molecular formula is C21H23N3O5S. The summed E-state index contributed by atoms with van der Waals surface area (Å²) in [5.74, 6) is -0.558. The topological polar surface area (TPSA) is 117 Å². The van der Waals surface area contributed by atoms with E-state index in [1.54, 1.807) is 6.07 Å². The van der Waals surface area contributed by atoms with Crippen LogP contribution in [0.15, 0.2) is 52.3 Å². The van der Waals surface area contributed by atoms with Crippen molar-refractivity contribution in [2.45, 2.75) is 18.7 Å². The summed E-state index contributed by atoms with van der Waals surface area (Å²) in [6, 6.07) is 9.55. The predicted octanol–water partition coefficient (Wildman–Crippen LogP) is 2.32. The minimum Gasteiger partial charge on any atom is -0.383 e. The third-order valence-corrected chi connectivity index (χ3v) is 5.99. The number of carbonyl (C=O) groups is 1. The molecule has 0 aliphatic heterocycles. The lowest BCUT2D eigenvalue weighted by molar-refractivity contribution is 0.0936. The monoisotopic (exact) mass is 429 g/mol. The standard InChI is InChI=1S/C21H23N3O5S/c1-13-4-6-18(14(2)10-13)24-30(27,28)15-5-7-19-16(11-15)20(25)17(12-23-19)21(26)22-8-9-29-3/h4-7,10-12,24H,8-9H2,1-3H3,(H,22,26)(H,23,25). The highest BCUT2D eigenvalue weighted by Crippen LogP contribution is 2.22. The average Bonchev–Trinajstić information content (AvgIpc) is 2.70. The largest absolute Gasteiger partial charge is 0.383 e. The SMILES string of the molecule is COCCNC(=O)c1c[nH]c2ccc(S(=O)(=O)Nc3ccc(C)cc3C)cc2c1=O. The zero-order valence-corrected chi connectivity index (χ0v) is 17.7. The van der Waals surface area contributed by atoms with Gasteiger partial charge in [-0.15, -0.1) is 0 Å². The van der Waals surface area contributed by atoms with E-state index in [1.165, 1.54) is 31.5 Å². The maximum absolute atomic E-state index is 12.9. The van der Waals surface area contributed by atoms with Gasteiger partial charge in [0.25, 0.3) is 15.9 Å². The molecule has 0 aliphatic carbocycles. The number of hydrogen-bond acceptors (Lipinski definition) is 5. The fourth-order valence-corrected chi connectivity index (χ4v) is 4.18. The van der Waals surface area contributed by atoms with Crippen molar-refractivity contribution in [2.75, 3.05) is 25.0 Å². The number of aryl methyl sites for hydroxylation is 2. The highest BCUT2D eigenvalue weighted by molar-refractivity contribution is 7.92. The highest BCUT2D eigenvalue weighted by atomic mass is 32.2. The predicted molar refractivity (Wildman–Crippen MR) is 116 cm³/mol. The van der Waals surface area contributed by atoms with Crippen LogP contribution in [0.4, 0.5) is 5.69 Å². The van der Waals surface area contributed by atoms with E-state index in [0.29, 0.717) is 17.8 Å². The van der Waals surface area contributed by atoms with Crippen LogP contribution < -0.4 is 15.5 Å². The second-order valence-electron chi connectivity index (χ2n) is 6.91. The second-order valence-corrected chi connectivity index (χ2v) is 8.59. The smallest absolute Gasteiger partial charge is 0.261 e. The van der Waals surface area contributed by atoms with Crippen molar-refractivity contribution in [3.8, 4) is 0 Å². The van der Waals surface area contributed by atoms with Crippen molar-refractivity contribution in [1.82, 2.24) is 10.3 Å². The molecule has 30 heavy (non-hydrogen) atoms. The summed E-state index contributed by atoms with van der Waals surface area (Å²) >= 11 is 0. The number of anilines is 1. The Balaban J connectivity index is 1.97. The summed E-state index contributed by atoms with van der Waals surface area (Å²) in [6.45, 7) is 4.29. The number of carbonyl (C=O) groups excluding carboxylic acids is 1. The molecule has 0 saturated heterocycles. The van der Waals surface area contributed by atoms with Crippen LogP contribution in [0.1, 0.15) is 21.5 Å². The fourth-order valence-electron chi connectivity index (χ4n) is 3.03. The third kappa shape index (κ3) is 4.52. The Morgan fingerprint density at radius 3 is 2.60 bits per heavy atom. The molecule has 0 bridgehead atoms. The van der Waals surface area contributed by atoms with Gasteiger partial charge in [0, 0.05) is 30.8 Å². The van der Waals surface area contributed by atoms with Crippen LogP contribution in [0, 0.1) is 13.8 Å². The molecule has 9 heteroatoms. The van der Waals surface area contributed by atoms with Crippen LogP contribution in [0.3, 0.4) is 0 Å². The number of amides is 1. The molecule has 0 unspecified atom stereocenters. The molecule has 3 N–H and O–H groups in total. The molecule has 0 atom stereocenters. The zero-order valence-electron chi connectivity index (χ0n) is 16.9. The first-order valence-corrected chi connectivity index (χ1v) is 10.7. The minimum absolute atomic E-state index is 0.0718. The normalized spacial score (nSPS) is 11.4. The summed E-state index contributed by atoms with van der Waals surface area (Å²) in [4.78, 5) is 27.9. The zero-order chi connectivity index (χ0) is 21.9. The van der Waals surface area contributed by atoms with E-state index in [-0.39, 0.29) is 22.4 Å². The molecule has 8 nitrogen and oxygen atoms in total. The lowest BCUT2D eigenvalue weighted by Gasteiger charge is -2.12. The average molecular weight is 429 g/mol. The Morgan fingerprint density at radius 2 is 1.90 bits per heavy atom. The van der Waals surface area contributed by atoms with Gasteiger partial charge in [0.15, 0.2) is 0 Å². The molecular weight excluding hydrogens is 406 g/mol. The van der Waals surface area contributed by atoms with Gasteiger partial charge in [-0.25, -0.2) is 8.42 Å². The molecule has 1 heterocycles. The first kappa shape index (κ1) is 21.5. The molecule has 158 valence electrons. The van der Waals surface area contributed by atoms with E-state index in [1.807, 2.05) is 26.0 Å². The number of hydrogen-bond donors (Lipinski definition) is 3. The second kappa shape index (κ2) is 8.68. The number of benzene rings is 2. The van der Waals surface area contributed by atoms with Crippen LogP contribution in [0.2, 0.25) is 0 Å². The number of aromatic amines is 1. The third-order valence-electron chi connectivity index (χ3n) is 4.63. The Morgan fingerprint density at radius 1 is 1.13 bits per heavy atom. The Bertz CT molecular complexity index is 1270. The van der Waals surface area contributed by atoms with E-state index in [4.69, 9.17) is 4.74 Å². The van der Waals surface area contributed by atoms with E-state index < -0.39 is 21.4 Å². The minimum atomic E-state index is -3.93. The number of H-pyrrole nitrogens is 1. The lowest BCUT2D eigenvalue weighted by Crippen LogP contribution is -2.31. The molecule has 0 saturated carbocycles. The summed E-state index contributed by atoms with van der Waals surface area (Å²) < 4.78 is 33.2. The number of methoxy groups -OCH3 is 1. The maximum Gasteiger partial charge on any atom is 0.261 e. The molecule has 2 aromatic carbocycles. The lowest BCUT2D eigenvalue weighted by atomic mass is 10.1. The van der Waals surface area contributed by atoms with Crippen molar-refractivity contribution in [1.29, 1.82) is 0 Å². The first-order chi connectivity index (χ1) is 14.2. The molecule has 0 aliphatic rings. The quantitative estimate of drug-likeness (QED) is 0.498. The number of aromatic nitrogens is 1. The number of nitrogens with one attached hydrogen (secondary N) is 3. The van der Waals surface area contributed by atoms with Crippen LogP contribution in [0.5, 0.6) is 0 Å². The van der Waals surface area contributed by atoms with Gasteiger partial charge in [0.2, 0.25) is 5.43 Å². The van der Waals surface area contributed by atoms with Crippen LogP contribution >= 0.6 is 0 Å². The van der Waals surface area contributed by atoms with Crippen LogP contribution in [-0.2, 0) is 14.8 Å². The number of sulfonamides is 1. The number of fused-ring (bicyclic) bond motifs is 1. The number of pyridine rings is 1. The summed E-state index contributed by atoms with van der Waals surface area (Å²) in [7, 11) is -2.42. The van der Waals surface area contributed by atoms with E-state index >= 15 is 0 Å². The molecule has 0 fully saturated rings. The van der Waals surface area contributed by atoms with Gasteiger partial charge < -0.3 is 15.0 Å². The number of rotatable bonds is 7. The summed E-state index contributed by atoms with van der Waals surface area (Å²) in [5, 5.41) is 2.69. The van der Waals surface area contributed by atoms with Crippen molar-refractivity contribution < 1.29 is 17.9 Å². The van der Waals surface area contributed by atoms with Gasteiger partial charge in [0.1, 0.15) is 5.56 Å². The summed E-state index contributed by atoms with van der Waals surface area (Å²) in [5.41, 5.74) is 2.04. The van der Waals surface area contributed by atoms with E-state index in [9.17, 15) is 18.0 Å². The molecule has 3 rings (SSSR count). The first-order valence-electron chi connectivity index (χ1n) is 9.25. The van der Waals surface area contributed by atoms with Crippen LogP contribution in [0.25, 0.3) is 10.9 Å². The Hall–Kier alpha value is -3.17. The summed E-state index contributed by atoms with van der Waals surface area (Å²) in [6.07, 6.45) is 1.31. The molecule has 0 spiro atoms. The van der Waals surface area contributed by atoms with E-state index in [2.05, 4.69) is 15.0 Å². The van der Waals surface area contributed by atoms with Crippen molar-refractivity contribution in [2.24, 2.45) is 0 Å². The highest BCUT2D eigenvalue weighted by Gasteiger charge is 2.18. The van der Waals surface area contributed by atoms with Gasteiger partial charge in [-0.1, -0.05) is 17.7 Å². The molecule has 1 amide bonds. The van der Waals surface area contributed by atoms with Gasteiger partial charge in [-0.05, 0) is 43.7 Å². The van der Waals surface area contributed by atoms with Crippen molar-refractivity contribution >= 4 is 32.5 Å². The Kier molecular flexibility index (Phi) is 6.23. The molecule has 0 radical (unpaired) electrons. The van der Waals surface area contributed by atoms with Crippen LogP contribution in [-0.4, -0.2) is 39.6 Å². The van der Waals surface area contributed by atoms with E-state index in [0.717, 1.165) is 11.1 Å². The van der Waals surface area contributed by atoms with Crippen molar-refractivity contribution in [3.63, 3.8) is 0 Å². The van der Waals surface area contributed by atoms with Gasteiger partial charge in [0.05, 0.1) is 17.2 Å². The van der Waals surface area contributed by atoms with Gasteiger partial charge in [-0.3, -0.25) is 14.3 Å². The van der Waals surface area contributed by atoms with Gasteiger partial charge >= 0.3 is 0 Å².